The third-order valence-electron chi connectivity index (χ3n) is 2.44. The van der Waals surface area contributed by atoms with E-state index in [-0.39, 0.29) is 5.91 Å². The number of nitrogens with one attached hydrogen (secondary N) is 3. The molecule has 20 heavy (non-hydrogen) atoms. The number of halogens is 1. The third-order valence-corrected chi connectivity index (χ3v) is 2.93. The van der Waals surface area contributed by atoms with Gasteiger partial charge in [-0.15, -0.1) is 0 Å². The van der Waals surface area contributed by atoms with E-state index < -0.39 is 0 Å². The minimum Gasteiger partial charge on any atom is -0.355 e. The van der Waals surface area contributed by atoms with Crippen LogP contribution in [-0.2, 0) is 0 Å². The van der Waals surface area contributed by atoms with Crippen molar-refractivity contribution in [2.45, 2.75) is 19.9 Å². The molecule has 0 saturated heterocycles. The molecule has 1 aromatic carbocycles. The van der Waals surface area contributed by atoms with Gasteiger partial charge in [0, 0.05) is 36.2 Å². The number of hydrogen-bond donors (Lipinski definition) is 3. The quantitative estimate of drug-likeness (QED) is 0.434. The minimum atomic E-state index is -0.0834. The van der Waals surface area contributed by atoms with Crippen LogP contribution in [0.2, 0.25) is 0 Å². The first-order chi connectivity index (χ1) is 9.52. The molecule has 0 aliphatic rings. The Hall–Kier alpha value is -1.56. The van der Waals surface area contributed by atoms with Crippen molar-refractivity contribution < 1.29 is 4.79 Å². The molecule has 5 nitrogen and oxygen atoms in total. The number of benzene rings is 1. The van der Waals surface area contributed by atoms with Gasteiger partial charge in [-0.3, -0.25) is 9.79 Å². The highest BCUT2D eigenvalue weighted by molar-refractivity contribution is 9.10. The first-order valence-corrected chi connectivity index (χ1v) is 7.33. The molecular formula is C14H21BrN4O. The monoisotopic (exact) mass is 340 g/mol. The summed E-state index contributed by atoms with van der Waals surface area (Å²) in [7, 11) is 1.72. The summed E-state index contributed by atoms with van der Waals surface area (Å²) in [5.41, 5.74) is 0.643. The normalized spacial score (nSPS) is 11.3. The Bertz CT molecular complexity index is 474. The van der Waals surface area contributed by atoms with E-state index in [1.54, 1.807) is 19.2 Å². The summed E-state index contributed by atoms with van der Waals surface area (Å²) < 4.78 is 0.893. The fourth-order valence-corrected chi connectivity index (χ4v) is 1.96. The Morgan fingerprint density at radius 1 is 1.30 bits per heavy atom. The minimum absolute atomic E-state index is 0.0834. The topological polar surface area (TPSA) is 65.5 Å². The lowest BCUT2D eigenvalue weighted by atomic mass is 10.2. The zero-order valence-electron chi connectivity index (χ0n) is 12.0. The highest BCUT2D eigenvalue weighted by atomic mass is 79.9. The summed E-state index contributed by atoms with van der Waals surface area (Å²) in [6.45, 7) is 5.24. The van der Waals surface area contributed by atoms with E-state index in [1.807, 2.05) is 26.0 Å². The molecule has 0 unspecified atom stereocenters. The van der Waals surface area contributed by atoms with Crippen LogP contribution < -0.4 is 16.0 Å². The lowest BCUT2D eigenvalue weighted by molar-refractivity contribution is 0.0954. The van der Waals surface area contributed by atoms with Crippen LogP contribution in [0.15, 0.2) is 33.7 Å². The van der Waals surface area contributed by atoms with Gasteiger partial charge in [-0.1, -0.05) is 22.0 Å². The fraction of sp³-hybridized carbons (Fsp3) is 0.429. The Balaban J connectivity index is 2.32. The van der Waals surface area contributed by atoms with Gasteiger partial charge < -0.3 is 16.0 Å². The number of carbonyl (C=O) groups excluding carboxylic acids is 1. The van der Waals surface area contributed by atoms with Gasteiger partial charge in [-0.25, -0.2) is 0 Å². The first-order valence-electron chi connectivity index (χ1n) is 6.54. The molecule has 1 aromatic rings. The Morgan fingerprint density at radius 2 is 2.00 bits per heavy atom. The number of nitrogens with zero attached hydrogens (tertiary/aromatic N) is 1. The molecule has 0 radical (unpaired) electrons. The van der Waals surface area contributed by atoms with Gasteiger partial charge in [0.1, 0.15) is 0 Å². The molecule has 0 aliphatic heterocycles. The summed E-state index contributed by atoms with van der Waals surface area (Å²) in [6, 6.07) is 7.62. The van der Waals surface area contributed by atoms with E-state index in [0.29, 0.717) is 24.7 Å². The zero-order valence-corrected chi connectivity index (χ0v) is 13.6. The van der Waals surface area contributed by atoms with Crippen LogP contribution in [0.5, 0.6) is 0 Å². The summed E-state index contributed by atoms with van der Waals surface area (Å²) >= 11 is 3.35. The van der Waals surface area contributed by atoms with Crippen molar-refractivity contribution in [1.29, 1.82) is 0 Å². The Morgan fingerprint density at radius 3 is 2.60 bits per heavy atom. The van der Waals surface area contributed by atoms with E-state index in [2.05, 4.69) is 36.9 Å². The van der Waals surface area contributed by atoms with Gasteiger partial charge in [-0.05, 0) is 32.0 Å². The number of hydrogen-bond acceptors (Lipinski definition) is 2. The van der Waals surface area contributed by atoms with Gasteiger partial charge in [0.25, 0.3) is 5.91 Å². The van der Waals surface area contributed by atoms with E-state index in [0.717, 1.165) is 10.4 Å². The highest BCUT2D eigenvalue weighted by Crippen LogP contribution is 2.11. The largest absolute Gasteiger partial charge is 0.355 e. The molecule has 110 valence electrons. The molecule has 0 bridgehead atoms. The van der Waals surface area contributed by atoms with Crippen LogP contribution in [0, 0.1) is 0 Å². The maximum absolute atomic E-state index is 11.9. The van der Waals surface area contributed by atoms with Gasteiger partial charge in [0.2, 0.25) is 0 Å². The molecule has 6 heteroatoms. The second-order valence-electron chi connectivity index (χ2n) is 4.56. The number of amides is 1. The predicted molar refractivity (Wildman–Crippen MR) is 86.1 cm³/mol. The SMILES string of the molecule is CN=C(NCCNC(=O)c1cccc(Br)c1)NC(C)C. The number of guanidine groups is 1. The number of aliphatic imine (C=N–C) groups is 1. The summed E-state index contributed by atoms with van der Waals surface area (Å²) in [5, 5.41) is 9.16. The maximum atomic E-state index is 11.9. The smallest absolute Gasteiger partial charge is 0.251 e. The van der Waals surface area contributed by atoms with Crippen LogP contribution in [0.3, 0.4) is 0 Å². The lowest BCUT2D eigenvalue weighted by Crippen LogP contribution is -2.44. The van der Waals surface area contributed by atoms with Crippen molar-refractivity contribution in [1.82, 2.24) is 16.0 Å². The van der Waals surface area contributed by atoms with Crippen LogP contribution in [0.1, 0.15) is 24.2 Å². The standard InChI is InChI=1S/C14H21BrN4O/c1-10(2)19-14(16-3)18-8-7-17-13(20)11-5-4-6-12(15)9-11/h4-6,9-10H,7-8H2,1-3H3,(H,17,20)(H2,16,18,19). The summed E-state index contributed by atoms with van der Waals surface area (Å²) in [4.78, 5) is 16.0. The van der Waals surface area contributed by atoms with Crippen molar-refractivity contribution in [3.8, 4) is 0 Å². The van der Waals surface area contributed by atoms with Gasteiger partial charge in [0.05, 0.1) is 0 Å². The molecule has 1 amide bonds. The highest BCUT2D eigenvalue weighted by Gasteiger charge is 2.05. The number of carbonyl (C=O) groups is 1. The average molecular weight is 341 g/mol. The second-order valence-corrected chi connectivity index (χ2v) is 5.48. The van der Waals surface area contributed by atoms with Crippen molar-refractivity contribution in [2.75, 3.05) is 20.1 Å². The van der Waals surface area contributed by atoms with E-state index in [1.165, 1.54) is 0 Å². The molecule has 0 heterocycles. The maximum Gasteiger partial charge on any atom is 0.251 e. The molecule has 3 N–H and O–H groups in total. The van der Waals surface area contributed by atoms with Crippen LogP contribution >= 0.6 is 15.9 Å². The zero-order chi connectivity index (χ0) is 15.0. The van der Waals surface area contributed by atoms with E-state index >= 15 is 0 Å². The molecule has 1 rings (SSSR count). The molecule has 0 fully saturated rings. The lowest BCUT2D eigenvalue weighted by Gasteiger charge is -2.14. The van der Waals surface area contributed by atoms with Gasteiger partial charge >= 0.3 is 0 Å². The number of rotatable bonds is 5. The molecule has 0 spiro atoms. The molecule has 0 saturated carbocycles. The van der Waals surface area contributed by atoms with Gasteiger partial charge in [-0.2, -0.15) is 0 Å². The first kappa shape index (κ1) is 16.5. The molecule has 0 aliphatic carbocycles. The van der Waals surface area contributed by atoms with Crippen LogP contribution in [-0.4, -0.2) is 38.0 Å². The summed E-state index contributed by atoms with van der Waals surface area (Å²) in [6.07, 6.45) is 0. The molecule has 0 atom stereocenters. The summed E-state index contributed by atoms with van der Waals surface area (Å²) in [5.74, 6) is 0.650. The Kier molecular flexibility index (Phi) is 7.08. The predicted octanol–water partition coefficient (Wildman–Crippen LogP) is 1.75. The van der Waals surface area contributed by atoms with Crippen molar-refractivity contribution in [2.24, 2.45) is 4.99 Å². The third kappa shape index (κ3) is 6.06. The fourth-order valence-electron chi connectivity index (χ4n) is 1.56. The second kappa shape index (κ2) is 8.58. The van der Waals surface area contributed by atoms with E-state index in [4.69, 9.17) is 0 Å². The molecule has 0 aromatic heterocycles. The van der Waals surface area contributed by atoms with Crippen molar-refractivity contribution in [3.63, 3.8) is 0 Å². The van der Waals surface area contributed by atoms with Gasteiger partial charge in [0.15, 0.2) is 5.96 Å². The van der Waals surface area contributed by atoms with Crippen LogP contribution in [0.25, 0.3) is 0 Å². The Labute approximate surface area is 128 Å². The van der Waals surface area contributed by atoms with E-state index in [9.17, 15) is 4.79 Å². The molecular weight excluding hydrogens is 320 g/mol. The average Bonchev–Trinajstić information content (AvgIpc) is 2.41. The van der Waals surface area contributed by atoms with Crippen molar-refractivity contribution in [3.05, 3.63) is 34.3 Å². The van der Waals surface area contributed by atoms with Crippen molar-refractivity contribution >= 4 is 27.8 Å². The van der Waals surface area contributed by atoms with Crippen LogP contribution in [0.4, 0.5) is 0 Å².